The number of hydrogen-bond donors (Lipinski definition) is 2. The summed E-state index contributed by atoms with van der Waals surface area (Å²) in [5.74, 6) is 0. The lowest BCUT2D eigenvalue weighted by Gasteiger charge is -2.22. The molecule has 0 aliphatic carbocycles. The maximum absolute atomic E-state index is 5.08. The van der Waals surface area contributed by atoms with E-state index in [2.05, 4.69) is 24.5 Å². The van der Waals surface area contributed by atoms with Crippen LogP contribution in [0.4, 0.5) is 0 Å². The number of nitrogens with one attached hydrogen (secondary N) is 2. The second-order valence-corrected chi connectivity index (χ2v) is 4.78. The highest BCUT2D eigenvalue weighted by Gasteiger charge is 2.17. The first-order valence-corrected chi connectivity index (χ1v) is 6.20. The van der Waals surface area contributed by atoms with E-state index < -0.39 is 0 Å². The summed E-state index contributed by atoms with van der Waals surface area (Å²) < 4.78 is 5.08. The van der Waals surface area contributed by atoms with Gasteiger partial charge in [-0.3, -0.25) is 0 Å². The van der Waals surface area contributed by atoms with Crippen molar-refractivity contribution in [2.75, 3.05) is 20.3 Å². The summed E-state index contributed by atoms with van der Waals surface area (Å²) in [6, 6.07) is 1.90. The smallest absolute Gasteiger partial charge is 0.0476 e. The van der Waals surface area contributed by atoms with Crippen LogP contribution in [0.1, 0.15) is 39.5 Å². The Hall–Kier alpha value is -0.120. The zero-order chi connectivity index (χ0) is 11.1. The monoisotopic (exact) mass is 214 g/mol. The number of rotatable bonds is 7. The molecule has 0 saturated carbocycles. The summed E-state index contributed by atoms with van der Waals surface area (Å²) in [5, 5.41) is 7.16. The van der Waals surface area contributed by atoms with Gasteiger partial charge in [0.25, 0.3) is 0 Å². The molecule has 3 nitrogen and oxygen atoms in total. The highest BCUT2D eigenvalue weighted by atomic mass is 16.5. The summed E-state index contributed by atoms with van der Waals surface area (Å²) in [7, 11) is 1.76. The zero-order valence-corrected chi connectivity index (χ0v) is 10.4. The van der Waals surface area contributed by atoms with E-state index in [4.69, 9.17) is 4.74 Å². The van der Waals surface area contributed by atoms with Crippen molar-refractivity contribution in [2.45, 2.75) is 57.7 Å². The number of hydrogen-bond acceptors (Lipinski definition) is 3. The second-order valence-electron chi connectivity index (χ2n) is 4.78. The van der Waals surface area contributed by atoms with Gasteiger partial charge >= 0.3 is 0 Å². The van der Waals surface area contributed by atoms with Crippen LogP contribution in [0, 0.1) is 0 Å². The first kappa shape index (κ1) is 12.9. The Morgan fingerprint density at radius 3 is 2.80 bits per heavy atom. The Kier molecular flexibility index (Phi) is 6.22. The molecule has 1 saturated heterocycles. The summed E-state index contributed by atoms with van der Waals surface area (Å²) in [5.41, 5.74) is 0. The fraction of sp³-hybridized carbons (Fsp3) is 1.00. The van der Waals surface area contributed by atoms with Gasteiger partial charge in [0, 0.05) is 31.8 Å². The molecule has 0 radical (unpaired) electrons. The number of ether oxygens (including phenoxy) is 1. The Morgan fingerprint density at radius 2 is 2.20 bits per heavy atom. The van der Waals surface area contributed by atoms with Crippen LogP contribution < -0.4 is 10.6 Å². The van der Waals surface area contributed by atoms with Crippen LogP contribution in [0.5, 0.6) is 0 Å². The standard InChI is InChI=1S/C12H26N2O/c1-10(6-8-15-3)14-11(2)9-12-5-4-7-13-12/h10-14H,4-9H2,1-3H3. The maximum Gasteiger partial charge on any atom is 0.0476 e. The average molecular weight is 214 g/mol. The van der Waals surface area contributed by atoms with Crippen LogP contribution in [0.25, 0.3) is 0 Å². The van der Waals surface area contributed by atoms with Crippen molar-refractivity contribution < 1.29 is 4.74 Å². The van der Waals surface area contributed by atoms with Gasteiger partial charge in [0.2, 0.25) is 0 Å². The lowest BCUT2D eigenvalue weighted by atomic mass is 10.1. The van der Waals surface area contributed by atoms with Crippen LogP contribution >= 0.6 is 0 Å². The van der Waals surface area contributed by atoms with Crippen molar-refractivity contribution in [3.05, 3.63) is 0 Å². The summed E-state index contributed by atoms with van der Waals surface area (Å²) in [6.45, 7) is 6.57. The molecule has 1 aliphatic heterocycles. The molecule has 3 heteroatoms. The van der Waals surface area contributed by atoms with Gasteiger partial charge in [-0.05, 0) is 46.1 Å². The van der Waals surface area contributed by atoms with Crippen molar-refractivity contribution in [1.82, 2.24) is 10.6 Å². The molecule has 15 heavy (non-hydrogen) atoms. The van der Waals surface area contributed by atoms with E-state index in [0.717, 1.165) is 19.1 Å². The molecule has 2 N–H and O–H groups in total. The van der Waals surface area contributed by atoms with E-state index >= 15 is 0 Å². The lowest BCUT2D eigenvalue weighted by Crippen LogP contribution is -2.39. The van der Waals surface area contributed by atoms with Gasteiger partial charge in [0.15, 0.2) is 0 Å². The molecule has 0 aromatic carbocycles. The minimum atomic E-state index is 0.557. The molecule has 1 heterocycles. The third-order valence-electron chi connectivity index (χ3n) is 3.12. The highest BCUT2D eigenvalue weighted by molar-refractivity contribution is 4.79. The Morgan fingerprint density at radius 1 is 1.40 bits per heavy atom. The topological polar surface area (TPSA) is 33.3 Å². The third-order valence-corrected chi connectivity index (χ3v) is 3.12. The Balaban J connectivity index is 2.08. The van der Waals surface area contributed by atoms with E-state index in [1.54, 1.807) is 7.11 Å². The van der Waals surface area contributed by atoms with Crippen LogP contribution in [0.15, 0.2) is 0 Å². The summed E-state index contributed by atoms with van der Waals surface area (Å²) in [4.78, 5) is 0. The SMILES string of the molecule is COCCC(C)NC(C)CC1CCCN1. The molecule has 3 unspecified atom stereocenters. The highest BCUT2D eigenvalue weighted by Crippen LogP contribution is 2.11. The van der Waals surface area contributed by atoms with Gasteiger partial charge in [-0.2, -0.15) is 0 Å². The number of methoxy groups -OCH3 is 1. The Bertz CT molecular complexity index is 158. The van der Waals surface area contributed by atoms with Gasteiger partial charge in [0.05, 0.1) is 0 Å². The fourth-order valence-electron chi connectivity index (χ4n) is 2.32. The van der Waals surface area contributed by atoms with E-state index in [1.807, 2.05) is 0 Å². The van der Waals surface area contributed by atoms with Crippen molar-refractivity contribution in [3.63, 3.8) is 0 Å². The molecule has 1 aliphatic rings. The molecular formula is C12H26N2O. The summed E-state index contributed by atoms with van der Waals surface area (Å²) >= 11 is 0. The van der Waals surface area contributed by atoms with Gasteiger partial charge in [-0.1, -0.05) is 0 Å². The molecule has 1 fully saturated rings. The Labute approximate surface area is 94.0 Å². The van der Waals surface area contributed by atoms with Crippen LogP contribution in [0.2, 0.25) is 0 Å². The van der Waals surface area contributed by atoms with Gasteiger partial charge < -0.3 is 15.4 Å². The lowest BCUT2D eigenvalue weighted by molar-refractivity contribution is 0.182. The summed E-state index contributed by atoms with van der Waals surface area (Å²) in [6.07, 6.45) is 5.03. The molecule has 0 bridgehead atoms. The molecular weight excluding hydrogens is 188 g/mol. The molecule has 0 aromatic heterocycles. The average Bonchev–Trinajstić information content (AvgIpc) is 2.67. The van der Waals surface area contributed by atoms with E-state index in [0.29, 0.717) is 12.1 Å². The largest absolute Gasteiger partial charge is 0.385 e. The molecule has 1 rings (SSSR count). The van der Waals surface area contributed by atoms with E-state index in [9.17, 15) is 0 Å². The van der Waals surface area contributed by atoms with Gasteiger partial charge in [-0.15, -0.1) is 0 Å². The van der Waals surface area contributed by atoms with Crippen LogP contribution in [-0.4, -0.2) is 38.4 Å². The van der Waals surface area contributed by atoms with Crippen molar-refractivity contribution in [1.29, 1.82) is 0 Å². The quantitative estimate of drug-likeness (QED) is 0.674. The molecule has 0 spiro atoms. The minimum Gasteiger partial charge on any atom is -0.385 e. The zero-order valence-electron chi connectivity index (χ0n) is 10.4. The normalized spacial score (nSPS) is 25.4. The van der Waals surface area contributed by atoms with E-state index in [-0.39, 0.29) is 0 Å². The predicted octanol–water partition coefficient (Wildman–Crippen LogP) is 1.53. The molecule has 0 aromatic rings. The van der Waals surface area contributed by atoms with Gasteiger partial charge in [0.1, 0.15) is 0 Å². The molecule has 90 valence electrons. The molecule has 3 atom stereocenters. The van der Waals surface area contributed by atoms with Crippen molar-refractivity contribution in [2.24, 2.45) is 0 Å². The third kappa shape index (κ3) is 5.50. The first-order chi connectivity index (χ1) is 7.22. The predicted molar refractivity (Wildman–Crippen MR) is 64.2 cm³/mol. The van der Waals surface area contributed by atoms with Gasteiger partial charge in [-0.25, -0.2) is 0 Å². The van der Waals surface area contributed by atoms with Crippen molar-refractivity contribution in [3.8, 4) is 0 Å². The van der Waals surface area contributed by atoms with E-state index in [1.165, 1.54) is 25.8 Å². The van der Waals surface area contributed by atoms with Crippen LogP contribution in [0.3, 0.4) is 0 Å². The second kappa shape index (κ2) is 7.20. The minimum absolute atomic E-state index is 0.557. The molecule has 0 amide bonds. The first-order valence-electron chi connectivity index (χ1n) is 6.20. The van der Waals surface area contributed by atoms with Crippen molar-refractivity contribution >= 4 is 0 Å². The van der Waals surface area contributed by atoms with Crippen LogP contribution in [-0.2, 0) is 4.74 Å². The maximum atomic E-state index is 5.08. The fourth-order valence-corrected chi connectivity index (χ4v) is 2.32.